The summed E-state index contributed by atoms with van der Waals surface area (Å²) >= 11 is 0. The third-order valence-electron chi connectivity index (χ3n) is 4.65. The molecule has 22 heavy (non-hydrogen) atoms. The highest BCUT2D eigenvalue weighted by molar-refractivity contribution is 5.77. The van der Waals surface area contributed by atoms with Crippen LogP contribution < -0.4 is 0 Å². The van der Waals surface area contributed by atoms with E-state index in [4.69, 9.17) is 4.74 Å². The first-order chi connectivity index (χ1) is 10.6. The number of rotatable bonds is 3. The maximum absolute atomic E-state index is 13.3. The van der Waals surface area contributed by atoms with E-state index in [9.17, 15) is 14.3 Å². The number of aliphatic hydroxyl groups is 1. The maximum Gasteiger partial charge on any atom is 0.225 e. The van der Waals surface area contributed by atoms with Crippen LogP contribution in [0.1, 0.15) is 43.8 Å². The van der Waals surface area contributed by atoms with Gasteiger partial charge in [-0.25, -0.2) is 4.39 Å². The average molecular weight is 307 g/mol. The van der Waals surface area contributed by atoms with E-state index in [0.29, 0.717) is 32.5 Å². The Kier molecular flexibility index (Phi) is 4.45. The highest BCUT2D eigenvalue weighted by Gasteiger charge is 2.36. The fourth-order valence-corrected chi connectivity index (χ4v) is 3.39. The number of morpholine rings is 1. The Bertz CT molecular complexity index is 542. The zero-order chi connectivity index (χ0) is 15.6. The van der Waals surface area contributed by atoms with Crippen molar-refractivity contribution in [2.75, 3.05) is 19.7 Å². The van der Waals surface area contributed by atoms with E-state index in [0.717, 1.165) is 18.4 Å². The predicted molar refractivity (Wildman–Crippen MR) is 79.7 cm³/mol. The molecule has 1 atom stereocenters. The standard InChI is InChI=1S/C17H22FNO3/c18-14-5-3-4-13(10-14)15-12-19(8-9-22-15)16(20)11-17(21)6-1-2-7-17/h3-5,10,15,21H,1-2,6-9,11-12H2. The summed E-state index contributed by atoms with van der Waals surface area (Å²) in [5.41, 5.74) is -0.0823. The largest absolute Gasteiger partial charge is 0.389 e. The van der Waals surface area contributed by atoms with E-state index in [1.54, 1.807) is 11.0 Å². The number of nitrogens with zero attached hydrogens (tertiary/aromatic N) is 1. The van der Waals surface area contributed by atoms with Crippen molar-refractivity contribution in [2.24, 2.45) is 0 Å². The number of amides is 1. The Morgan fingerprint density at radius 2 is 2.18 bits per heavy atom. The molecule has 0 aromatic heterocycles. The molecule has 2 fully saturated rings. The van der Waals surface area contributed by atoms with Crippen LogP contribution in [0.4, 0.5) is 4.39 Å². The molecule has 1 aromatic rings. The molecule has 1 heterocycles. The highest BCUT2D eigenvalue weighted by atomic mass is 19.1. The van der Waals surface area contributed by atoms with Gasteiger partial charge in [-0.3, -0.25) is 4.79 Å². The number of halogens is 1. The van der Waals surface area contributed by atoms with Gasteiger partial charge in [-0.1, -0.05) is 25.0 Å². The molecule has 5 heteroatoms. The van der Waals surface area contributed by atoms with E-state index in [2.05, 4.69) is 0 Å². The van der Waals surface area contributed by atoms with Crippen molar-refractivity contribution in [2.45, 2.75) is 43.8 Å². The van der Waals surface area contributed by atoms with Crippen LogP contribution in [0.5, 0.6) is 0 Å². The van der Waals surface area contributed by atoms with Gasteiger partial charge in [-0.2, -0.15) is 0 Å². The van der Waals surface area contributed by atoms with Gasteiger partial charge in [0.1, 0.15) is 11.9 Å². The van der Waals surface area contributed by atoms with Gasteiger partial charge in [0.25, 0.3) is 0 Å². The summed E-state index contributed by atoms with van der Waals surface area (Å²) < 4.78 is 19.0. The Morgan fingerprint density at radius 3 is 2.91 bits per heavy atom. The number of carbonyl (C=O) groups is 1. The second-order valence-electron chi connectivity index (χ2n) is 6.36. The number of hydrogen-bond acceptors (Lipinski definition) is 3. The van der Waals surface area contributed by atoms with Gasteiger partial charge in [-0.15, -0.1) is 0 Å². The monoisotopic (exact) mass is 307 g/mol. The molecule has 2 aliphatic rings. The van der Waals surface area contributed by atoms with Crippen molar-refractivity contribution in [3.8, 4) is 0 Å². The number of carbonyl (C=O) groups excluding carboxylic acids is 1. The van der Waals surface area contributed by atoms with Crippen LogP contribution in [0.2, 0.25) is 0 Å². The molecule has 1 N–H and O–H groups in total. The summed E-state index contributed by atoms with van der Waals surface area (Å²) in [4.78, 5) is 14.2. The van der Waals surface area contributed by atoms with Gasteiger partial charge >= 0.3 is 0 Å². The van der Waals surface area contributed by atoms with Crippen LogP contribution in [-0.2, 0) is 9.53 Å². The number of hydrogen-bond donors (Lipinski definition) is 1. The first-order valence-corrected chi connectivity index (χ1v) is 7.93. The molecule has 1 unspecified atom stereocenters. The summed E-state index contributed by atoms with van der Waals surface area (Å²) in [5.74, 6) is -0.334. The van der Waals surface area contributed by atoms with Gasteiger partial charge in [0.2, 0.25) is 5.91 Å². The lowest BCUT2D eigenvalue weighted by atomic mass is 9.97. The molecule has 1 aliphatic heterocycles. The minimum Gasteiger partial charge on any atom is -0.389 e. The second kappa shape index (κ2) is 6.34. The van der Waals surface area contributed by atoms with Crippen molar-refractivity contribution in [1.29, 1.82) is 0 Å². The Labute approximate surface area is 129 Å². The minimum absolute atomic E-state index is 0.0332. The Morgan fingerprint density at radius 1 is 1.41 bits per heavy atom. The molecule has 1 aliphatic carbocycles. The average Bonchev–Trinajstić information content (AvgIpc) is 2.93. The van der Waals surface area contributed by atoms with Crippen LogP contribution >= 0.6 is 0 Å². The molecule has 1 saturated carbocycles. The smallest absolute Gasteiger partial charge is 0.225 e. The molecule has 1 saturated heterocycles. The molecule has 0 radical (unpaired) electrons. The van der Waals surface area contributed by atoms with Gasteiger partial charge in [0, 0.05) is 6.54 Å². The molecule has 0 bridgehead atoms. The zero-order valence-corrected chi connectivity index (χ0v) is 12.6. The molecule has 120 valence electrons. The van der Waals surface area contributed by atoms with Gasteiger partial charge in [0.15, 0.2) is 0 Å². The zero-order valence-electron chi connectivity index (χ0n) is 12.6. The lowest BCUT2D eigenvalue weighted by Gasteiger charge is -2.35. The van der Waals surface area contributed by atoms with Crippen molar-refractivity contribution >= 4 is 5.91 Å². The van der Waals surface area contributed by atoms with Gasteiger partial charge < -0.3 is 14.7 Å². The third-order valence-corrected chi connectivity index (χ3v) is 4.65. The lowest BCUT2D eigenvalue weighted by Crippen LogP contribution is -2.45. The number of ether oxygens (including phenoxy) is 1. The van der Waals surface area contributed by atoms with E-state index in [1.165, 1.54) is 12.1 Å². The summed E-state index contributed by atoms with van der Waals surface area (Å²) in [5, 5.41) is 10.4. The molecule has 4 nitrogen and oxygen atoms in total. The first kappa shape index (κ1) is 15.4. The molecular formula is C17H22FNO3. The molecule has 3 rings (SSSR count). The molecular weight excluding hydrogens is 285 g/mol. The third kappa shape index (κ3) is 3.47. The molecule has 0 spiro atoms. The van der Waals surface area contributed by atoms with Crippen LogP contribution in [0.25, 0.3) is 0 Å². The minimum atomic E-state index is -0.830. The van der Waals surface area contributed by atoms with Crippen LogP contribution in [0.15, 0.2) is 24.3 Å². The van der Waals surface area contributed by atoms with Crippen molar-refractivity contribution < 1.29 is 19.0 Å². The molecule has 1 aromatic carbocycles. The fraction of sp³-hybridized carbons (Fsp3) is 0.588. The van der Waals surface area contributed by atoms with Crippen molar-refractivity contribution in [3.63, 3.8) is 0 Å². The van der Waals surface area contributed by atoms with Gasteiger partial charge in [-0.05, 0) is 30.5 Å². The predicted octanol–water partition coefficient (Wildman–Crippen LogP) is 2.42. The number of benzene rings is 1. The summed E-state index contributed by atoms with van der Waals surface area (Å²) in [6, 6.07) is 6.30. The molecule has 1 amide bonds. The first-order valence-electron chi connectivity index (χ1n) is 7.93. The normalized spacial score (nSPS) is 24.5. The summed E-state index contributed by atoms with van der Waals surface area (Å²) in [6.45, 7) is 1.38. The van der Waals surface area contributed by atoms with Crippen LogP contribution in [-0.4, -0.2) is 41.2 Å². The summed E-state index contributed by atoms with van der Waals surface area (Å²) in [6.07, 6.45) is 3.26. The van der Waals surface area contributed by atoms with E-state index >= 15 is 0 Å². The van der Waals surface area contributed by atoms with E-state index in [1.807, 2.05) is 6.07 Å². The summed E-state index contributed by atoms with van der Waals surface area (Å²) in [7, 11) is 0. The Hall–Kier alpha value is -1.46. The lowest BCUT2D eigenvalue weighted by molar-refractivity contribution is -0.144. The second-order valence-corrected chi connectivity index (χ2v) is 6.36. The topological polar surface area (TPSA) is 49.8 Å². The van der Waals surface area contributed by atoms with Crippen molar-refractivity contribution in [1.82, 2.24) is 4.90 Å². The van der Waals surface area contributed by atoms with E-state index < -0.39 is 5.60 Å². The van der Waals surface area contributed by atoms with E-state index in [-0.39, 0.29) is 24.2 Å². The highest BCUT2D eigenvalue weighted by Crippen LogP contribution is 2.33. The maximum atomic E-state index is 13.3. The van der Waals surface area contributed by atoms with Crippen LogP contribution in [0, 0.1) is 5.82 Å². The quantitative estimate of drug-likeness (QED) is 0.933. The SMILES string of the molecule is O=C(CC1(O)CCCC1)N1CCOC(c2cccc(F)c2)C1. The van der Waals surface area contributed by atoms with Crippen molar-refractivity contribution in [3.05, 3.63) is 35.6 Å². The van der Waals surface area contributed by atoms with Gasteiger partial charge in [0.05, 0.1) is 25.2 Å². The van der Waals surface area contributed by atoms with Crippen LogP contribution in [0.3, 0.4) is 0 Å². The fourth-order valence-electron chi connectivity index (χ4n) is 3.39. The Balaban J connectivity index is 1.64.